The van der Waals surface area contributed by atoms with E-state index in [-0.39, 0.29) is 5.91 Å². The lowest BCUT2D eigenvalue weighted by atomic mass is 10.1. The predicted octanol–water partition coefficient (Wildman–Crippen LogP) is 3.58. The van der Waals surface area contributed by atoms with Crippen molar-refractivity contribution in [3.8, 4) is 0 Å². The summed E-state index contributed by atoms with van der Waals surface area (Å²) in [6.45, 7) is 2.35. The monoisotopic (exact) mass is 361 g/mol. The Morgan fingerprint density at radius 3 is 2.96 bits per heavy atom. The quantitative estimate of drug-likeness (QED) is 0.488. The Morgan fingerprint density at radius 1 is 1.22 bits per heavy atom. The Kier molecular flexibility index (Phi) is 4.57. The zero-order valence-corrected chi connectivity index (χ0v) is 14.8. The first-order valence-electron chi connectivity index (χ1n) is 8.68. The zero-order chi connectivity index (χ0) is 18.6. The molecule has 0 atom stereocenters. The molecule has 3 heterocycles. The number of hydrogen-bond acceptors (Lipinski definition) is 5. The van der Waals surface area contributed by atoms with Crippen molar-refractivity contribution in [2.24, 2.45) is 0 Å². The molecule has 4 rings (SSSR count). The third kappa shape index (κ3) is 3.82. The number of nitrogens with zero attached hydrogens (tertiary/aromatic N) is 2. The average Bonchev–Trinajstić information content (AvgIpc) is 3.28. The van der Waals surface area contributed by atoms with Crippen LogP contribution in [-0.4, -0.2) is 27.6 Å². The number of pyridine rings is 1. The van der Waals surface area contributed by atoms with Gasteiger partial charge in [0.2, 0.25) is 0 Å². The molecule has 27 heavy (non-hydrogen) atoms. The van der Waals surface area contributed by atoms with Crippen molar-refractivity contribution in [2.75, 3.05) is 11.9 Å². The van der Waals surface area contributed by atoms with Gasteiger partial charge in [0, 0.05) is 41.6 Å². The Hall–Kier alpha value is -3.61. The topological polar surface area (TPSA) is 95.8 Å². The summed E-state index contributed by atoms with van der Waals surface area (Å²) in [5, 5.41) is 11.1. The van der Waals surface area contributed by atoms with Crippen LogP contribution in [0.3, 0.4) is 0 Å². The number of para-hydroxylation sites is 1. The summed E-state index contributed by atoms with van der Waals surface area (Å²) < 4.78 is 5.02. The number of aryl methyl sites for hydroxylation is 1. The molecule has 0 bridgehead atoms. The highest BCUT2D eigenvalue weighted by Crippen LogP contribution is 2.18. The van der Waals surface area contributed by atoms with Crippen LogP contribution in [0, 0.1) is 6.92 Å². The second kappa shape index (κ2) is 7.33. The van der Waals surface area contributed by atoms with E-state index in [1.807, 2.05) is 31.3 Å². The number of fused-ring (bicyclic) bond motifs is 1. The molecule has 7 nitrogen and oxygen atoms in total. The van der Waals surface area contributed by atoms with Gasteiger partial charge in [-0.15, -0.1) is 0 Å². The van der Waals surface area contributed by atoms with E-state index in [1.165, 1.54) is 10.9 Å². The maximum absolute atomic E-state index is 12.4. The number of carbonyl (C=O) groups is 1. The molecular formula is C20H19N5O2. The Balaban J connectivity index is 1.37. The average molecular weight is 361 g/mol. The van der Waals surface area contributed by atoms with Gasteiger partial charge >= 0.3 is 0 Å². The van der Waals surface area contributed by atoms with Gasteiger partial charge in [0.1, 0.15) is 11.5 Å². The van der Waals surface area contributed by atoms with Gasteiger partial charge in [-0.3, -0.25) is 9.78 Å². The fraction of sp³-hybridized carbons (Fsp3) is 0.150. The molecule has 136 valence electrons. The first-order chi connectivity index (χ1) is 13.2. The Labute approximate surface area is 155 Å². The number of aromatic amines is 1. The second-order valence-corrected chi connectivity index (χ2v) is 6.24. The van der Waals surface area contributed by atoms with E-state index in [4.69, 9.17) is 4.52 Å². The number of anilines is 2. The minimum Gasteiger partial charge on any atom is -0.361 e. The highest BCUT2D eigenvalue weighted by Gasteiger charge is 2.09. The molecule has 0 radical (unpaired) electrons. The molecule has 4 aromatic rings. The summed E-state index contributed by atoms with van der Waals surface area (Å²) in [4.78, 5) is 19.8. The van der Waals surface area contributed by atoms with Crippen LogP contribution in [0.1, 0.15) is 21.8 Å². The van der Waals surface area contributed by atoms with Crippen LogP contribution in [0.15, 0.2) is 59.4 Å². The van der Waals surface area contributed by atoms with Crippen molar-refractivity contribution in [1.82, 2.24) is 20.4 Å². The van der Waals surface area contributed by atoms with Crippen LogP contribution in [0.2, 0.25) is 0 Å². The van der Waals surface area contributed by atoms with E-state index >= 15 is 0 Å². The van der Waals surface area contributed by atoms with E-state index in [9.17, 15) is 4.79 Å². The number of amides is 1. The van der Waals surface area contributed by atoms with Crippen LogP contribution in [-0.2, 0) is 6.42 Å². The molecule has 0 aliphatic carbocycles. The summed E-state index contributed by atoms with van der Waals surface area (Å²) in [5.41, 5.74) is 3.34. The molecule has 0 aliphatic heterocycles. The summed E-state index contributed by atoms with van der Waals surface area (Å²) in [6, 6.07) is 13.4. The van der Waals surface area contributed by atoms with Crippen LogP contribution in [0.5, 0.6) is 0 Å². The van der Waals surface area contributed by atoms with Gasteiger partial charge in [-0.2, -0.15) is 0 Å². The van der Waals surface area contributed by atoms with Crippen molar-refractivity contribution in [3.05, 3.63) is 71.9 Å². The minimum atomic E-state index is -0.213. The van der Waals surface area contributed by atoms with Crippen LogP contribution >= 0.6 is 0 Å². The summed E-state index contributed by atoms with van der Waals surface area (Å²) in [7, 11) is 0. The number of carbonyl (C=O) groups excluding carboxylic acids is 1. The fourth-order valence-electron chi connectivity index (χ4n) is 2.95. The molecule has 1 aromatic carbocycles. The predicted molar refractivity (Wildman–Crippen MR) is 103 cm³/mol. The van der Waals surface area contributed by atoms with Crippen LogP contribution in [0.25, 0.3) is 10.9 Å². The van der Waals surface area contributed by atoms with E-state index in [2.05, 4.69) is 31.8 Å². The van der Waals surface area contributed by atoms with Gasteiger partial charge in [0.15, 0.2) is 5.82 Å². The normalized spacial score (nSPS) is 10.9. The lowest BCUT2D eigenvalue weighted by Gasteiger charge is -2.06. The van der Waals surface area contributed by atoms with Crippen LogP contribution in [0.4, 0.5) is 11.5 Å². The maximum Gasteiger partial charge on any atom is 0.269 e. The Bertz CT molecular complexity index is 1080. The largest absolute Gasteiger partial charge is 0.361 e. The standard InChI is InChI=1S/C20H19N5O2/c1-13-10-19(25-27-13)24-15-7-9-21-18(11-15)20(26)22-8-6-14-12-23-17-5-3-2-4-16(14)17/h2-5,7,9-12,23H,6,8H2,1H3,(H,22,26)(H,21,24,25). The smallest absolute Gasteiger partial charge is 0.269 e. The van der Waals surface area contributed by atoms with E-state index in [1.54, 1.807) is 24.4 Å². The number of nitrogens with one attached hydrogen (secondary N) is 3. The molecule has 1 amide bonds. The van der Waals surface area contributed by atoms with E-state index in [0.29, 0.717) is 23.8 Å². The molecule has 0 saturated heterocycles. The summed E-state index contributed by atoms with van der Waals surface area (Å²) in [6.07, 6.45) is 4.31. The Morgan fingerprint density at radius 2 is 2.11 bits per heavy atom. The number of aromatic nitrogens is 3. The molecule has 0 unspecified atom stereocenters. The van der Waals surface area contributed by atoms with E-state index < -0.39 is 0 Å². The molecule has 3 N–H and O–H groups in total. The lowest BCUT2D eigenvalue weighted by Crippen LogP contribution is -2.26. The van der Waals surface area contributed by atoms with Crippen LogP contribution < -0.4 is 10.6 Å². The lowest BCUT2D eigenvalue weighted by molar-refractivity contribution is 0.0949. The van der Waals surface area contributed by atoms with Gasteiger partial charge in [0.25, 0.3) is 5.91 Å². The second-order valence-electron chi connectivity index (χ2n) is 6.24. The van der Waals surface area contributed by atoms with Crippen molar-refractivity contribution in [1.29, 1.82) is 0 Å². The summed E-state index contributed by atoms with van der Waals surface area (Å²) in [5.74, 6) is 1.08. The minimum absolute atomic E-state index is 0.213. The van der Waals surface area contributed by atoms with Crippen molar-refractivity contribution in [2.45, 2.75) is 13.3 Å². The van der Waals surface area contributed by atoms with Gasteiger partial charge in [-0.25, -0.2) is 0 Å². The first-order valence-corrected chi connectivity index (χ1v) is 8.68. The van der Waals surface area contributed by atoms with Crippen molar-refractivity contribution >= 4 is 28.3 Å². The number of H-pyrrole nitrogens is 1. The fourth-order valence-corrected chi connectivity index (χ4v) is 2.95. The molecular weight excluding hydrogens is 342 g/mol. The molecule has 7 heteroatoms. The number of benzene rings is 1. The first kappa shape index (κ1) is 16.8. The highest BCUT2D eigenvalue weighted by atomic mass is 16.5. The molecule has 0 spiro atoms. The number of rotatable bonds is 6. The van der Waals surface area contributed by atoms with Gasteiger partial charge in [0.05, 0.1) is 0 Å². The summed E-state index contributed by atoms with van der Waals surface area (Å²) >= 11 is 0. The number of hydrogen-bond donors (Lipinski definition) is 3. The third-order valence-corrected chi connectivity index (χ3v) is 4.25. The maximum atomic E-state index is 12.4. The van der Waals surface area contributed by atoms with Crippen molar-refractivity contribution in [3.63, 3.8) is 0 Å². The zero-order valence-electron chi connectivity index (χ0n) is 14.8. The molecule has 0 aliphatic rings. The van der Waals surface area contributed by atoms with E-state index in [0.717, 1.165) is 17.6 Å². The molecule has 0 fully saturated rings. The highest BCUT2D eigenvalue weighted by molar-refractivity contribution is 5.93. The van der Waals surface area contributed by atoms with Gasteiger partial charge in [-0.1, -0.05) is 23.4 Å². The van der Waals surface area contributed by atoms with Gasteiger partial charge in [-0.05, 0) is 37.1 Å². The molecule has 0 saturated carbocycles. The molecule has 3 aromatic heterocycles. The van der Waals surface area contributed by atoms with Gasteiger partial charge < -0.3 is 20.1 Å². The third-order valence-electron chi connectivity index (χ3n) is 4.25. The SMILES string of the molecule is Cc1cc(Nc2ccnc(C(=O)NCCc3c[nH]c4ccccc34)c2)no1. The van der Waals surface area contributed by atoms with Crippen molar-refractivity contribution < 1.29 is 9.32 Å².